The molecule has 0 bridgehead atoms. The van der Waals surface area contributed by atoms with E-state index in [1.165, 1.54) is 25.3 Å². The van der Waals surface area contributed by atoms with Crippen molar-refractivity contribution in [2.45, 2.75) is 6.42 Å². The average molecular weight is 329 g/mol. The van der Waals surface area contributed by atoms with E-state index >= 15 is 0 Å². The summed E-state index contributed by atoms with van der Waals surface area (Å²) in [7, 11) is 1.38. The van der Waals surface area contributed by atoms with Crippen molar-refractivity contribution in [3.63, 3.8) is 0 Å². The summed E-state index contributed by atoms with van der Waals surface area (Å²) in [6, 6.07) is 2.97. The fourth-order valence-electron chi connectivity index (χ4n) is 1.50. The van der Waals surface area contributed by atoms with Crippen molar-refractivity contribution in [1.82, 2.24) is 0 Å². The highest BCUT2D eigenvalue weighted by molar-refractivity contribution is 9.09. The van der Waals surface area contributed by atoms with Crippen LogP contribution < -0.4 is 4.74 Å². The number of benzene rings is 1. The molecule has 1 aromatic rings. The van der Waals surface area contributed by atoms with E-state index in [-0.39, 0.29) is 29.0 Å². The van der Waals surface area contributed by atoms with Crippen molar-refractivity contribution >= 4 is 27.7 Å². The summed E-state index contributed by atoms with van der Waals surface area (Å²) in [5.74, 6) is -1.13. The number of phenolic OH excluding ortho intramolecular Hbond substituents is 1. The van der Waals surface area contributed by atoms with Gasteiger partial charge in [0, 0.05) is 17.2 Å². The number of methoxy groups -OCH3 is 1. The maximum atomic E-state index is 11.6. The predicted molar refractivity (Wildman–Crippen MR) is 73.3 cm³/mol. The van der Waals surface area contributed by atoms with E-state index in [4.69, 9.17) is 9.84 Å². The summed E-state index contributed by atoms with van der Waals surface area (Å²) in [5.41, 5.74) is 0.825. The lowest BCUT2D eigenvalue weighted by Gasteiger charge is -2.10. The van der Waals surface area contributed by atoms with Crippen LogP contribution in [-0.2, 0) is 11.2 Å². The number of carboxylic acids is 1. The van der Waals surface area contributed by atoms with E-state index in [9.17, 15) is 14.7 Å². The first-order valence-electron chi connectivity index (χ1n) is 5.38. The average Bonchev–Trinajstić information content (AvgIpc) is 2.39. The van der Waals surface area contributed by atoms with Gasteiger partial charge in [-0.05, 0) is 18.6 Å². The van der Waals surface area contributed by atoms with Gasteiger partial charge in [-0.15, -0.1) is 0 Å². The molecule has 1 aromatic carbocycles. The first-order valence-corrected chi connectivity index (χ1v) is 6.50. The Bertz CT molecular complexity index is 522. The number of phenols is 1. The maximum absolute atomic E-state index is 11.6. The van der Waals surface area contributed by atoms with Gasteiger partial charge in [0.1, 0.15) is 0 Å². The van der Waals surface area contributed by atoms with E-state index in [1.54, 1.807) is 0 Å². The highest BCUT2D eigenvalue weighted by atomic mass is 79.9. The van der Waals surface area contributed by atoms with Crippen LogP contribution in [-0.4, -0.2) is 34.4 Å². The number of ether oxygens (including phenoxy) is 1. The third-order valence-corrected chi connectivity index (χ3v) is 2.92. The SMILES string of the molecule is COc1cc(C(=O)CBr)cc(C/C=C/C(=O)O)c1O. The fraction of sp³-hybridized carbons (Fsp3) is 0.231. The molecule has 0 amide bonds. The van der Waals surface area contributed by atoms with Gasteiger partial charge in [0.15, 0.2) is 17.3 Å². The lowest BCUT2D eigenvalue weighted by Crippen LogP contribution is -2.02. The number of carbonyl (C=O) groups excluding carboxylic acids is 1. The molecule has 0 spiro atoms. The fourth-order valence-corrected chi connectivity index (χ4v) is 1.83. The number of hydrogen-bond donors (Lipinski definition) is 2. The molecule has 1 rings (SSSR count). The Labute approximate surface area is 118 Å². The van der Waals surface area contributed by atoms with E-state index in [1.807, 2.05) is 0 Å². The quantitative estimate of drug-likeness (QED) is 0.475. The van der Waals surface area contributed by atoms with Gasteiger partial charge >= 0.3 is 5.97 Å². The Hall–Kier alpha value is -1.82. The lowest BCUT2D eigenvalue weighted by molar-refractivity contribution is -0.131. The Kier molecular flexibility index (Phi) is 5.57. The van der Waals surface area contributed by atoms with Gasteiger partial charge in [0.2, 0.25) is 0 Å². The Balaban J connectivity index is 3.14. The molecule has 0 aliphatic carbocycles. The summed E-state index contributed by atoms with van der Waals surface area (Å²) in [6.45, 7) is 0. The highest BCUT2D eigenvalue weighted by Gasteiger charge is 2.13. The van der Waals surface area contributed by atoms with Crippen LogP contribution in [0.25, 0.3) is 0 Å². The molecule has 0 saturated carbocycles. The number of aliphatic carboxylic acids is 1. The number of carboxylic acid groups (broad SMARTS) is 1. The predicted octanol–water partition coefficient (Wildman–Crippen LogP) is 2.16. The number of aromatic hydroxyl groups is 1. The van der Waals surface area contributed by atoms with Crippen molar-refractivity contribution in [3.8, 4) is 11.5 Å². The molecular formula is C13H13BrO5. The number of alkyl halides is 1. The van der Waals surface area contributed by atoms with Gasteiger partial charge in [-0.25, -0.2) is 4.79 Å². The van der Waals surface area contributed by atoms with Crippen LogP contribution in [0, 0.1) is 0 Å². The largest absolute Gasteiger partial charge is 0.504 e. The molecule has 102 valence electrons. The molecule has 0 heterocycles. The molecule has 5 nitrogen and oxygen atoms in total. The van der Waals surface area contributed by atoms with E-state index in [2.05, 4.69) is 15.9 Å². The molecule has 0 aromatic heterocycles. The molecule has 2 N–H and O–H groups in total. The topological polar surface area (TPSA) is 83.8 Å². The molecule has 0 aliphatic rings. The molecule has 0 aliphatic heterocycles. The van der Waals surface area contributed by atoms with Crippen molar-refractivity contribution in [3.05, 3.63) is 35.4 Å². The van der Waals surface area contributed by atoms with Crippen molar-refractivity contribution in [2.24, 2.45) is 0 Å². The third kappa shape index (κ3) is 4.10. The van der Waals surface area contributed by atoms with Gasteiger partial charge in [-0.1, -0.05) is 22.0 Å². The van der Waals surface area contributed by atoms with Crippen LogP contribution in [0.2, 0.25) is 0 Å². The van der Waals surface area contributed by atoms with Gasteiger partial charge in [0.05, 0.1) is 12.4 Å². The zero-order valence-corrected chi connectivity index (χ0v) is 11.8. The van der Waals surface area contributed by atoms with Crippen molar-refractivity contribution in [1.29, 1.82) is 0 Å². The Morgan fingerprint density at radius 2 is 2.11 bits per heavy atom. The van der Waals surface area contributed by atoms with E-state index in [0.717, 1.165) is 6.08 Å². The summed E-state index contributed by atoms with van der Waals surface area (Å²) in [6.07, 6.45) is 2.56. The zero-order valence-electron chi connectivity index (χ0n) is 10.2. The lowest BCUT2D eigenvalue weighted by atomic mass is 10.0. The van der Waals surface area contributed by atoms with Crippen LogP contribution >= 0.6 is 15.9 Å². The second-order valence-corrected chi connectivity index (χ2v) is 4.25. The van der Waals surface area contributed by atoms with Crippen LogP contribution in [0.4, 0.5) is 0 Å². The summed E-state index contributed by atoms with van der Waals surface area (Å²) in [5, 5.41) is 18.6. The molecule has 0 unspecified atom stereocenters. The molecule has 6 heteroatoms. The van der Waals surface area contributed by atoms with Crippen molar-refractivity contribution in [2.75, 3.05) is 12.4 Å². The molecule has 0 saturated heterocycles. The second kappa shape index (κ2) is 6.94. The number of halogens is 1. The Morgan fingerprint density at radius 1 is 1.42 bits per heavy atom. The molecule has 19 heavy (non-hydrogen) atoms. The monoisotopic (exact) mass is 328 g/mol. The normalized spacial score (nSPS) is 10.6. The van der Waals surface area contributed by atoms with E-state index < -0.39 is 5.97 Å². The second-order valence-electron chi connectivity index (χ2n) is 3.69. The number of carbonyl (C=O) groups is 2. The van der Waals surface area contributed by atoms with Gasteiger partial charge in [-0.2, -0.15) is 0 Å². The smallest absolute Gasteiger partial charge is 0.327 e. The summed E-state index contributed by atoms with van der Waals surface area (Å²) < 4.78 is 4.99. The minimum atomic E-state index is -1.07. The molecule has 0 atom stereocenters. The Morgan fingerprint density at radius 3 is 2.63 bits per heavy atom. The third-order valence-electron chi connectivity index (χ3n) is 2.42. The zero-order chi connectivity index (χ0) is 14.4. The summed E-state index contributed by atoms with van der Waals surface area (Å²) >= 11 is 3.07. The van der Waals surface area contributed by atoms with Crippen LogP contribution in [0.5, 0.6) is 11.5 Å². The minimum absolute atomic E-state index is 0.0938. The summed E-state index contributed by atoms with van der Waals surface area (Å²) in [4.78, 5) is 22.0. The van der Waals surface area contributed by atoms with Crippen LogP contribution in [0.3, 0.4) is 0 Å². The van der Waals surface area contributed by atoms with Crippen LogP contribution in [0.1, 0.15) is 15.9 Å². The number of allylic oxidation sites excluding steroid dienone is 1. The van der Waals surface area contributed by atoms with Gasteiger partial charge < -0.3 is 14.9 Å². The number of ketones is 1. The number of rotatable bonds is 6. The van der Waals surface area contributed by atoms with E-state index in [0.29, 0.717) is 11.1 Å². The number of Topliss-reactive ketones (excluding diaryl/α,β-unsaturated/α-hetero) is 1. The molecular weight excluding hydrogens is 316 g/mol. The van der Waals surface area contributed by atoms with Crippen molar-refractivity contribution < 1.29 is 24.5 Å². The van der Waals surface area contributed by atoms with Crippen LogP contribution in [0.15, 0.2) is 24.3 Å². The standard InChI is InChI=1S/C13H13BrO5/c1-19-11-6-9(10(15)7-14)5-8(13(11)18)3-2-4-12(16)17/h2,4-6,18H,3,7H2,1H3,(H,16,17)/b4-2+. The number of hydrogen-bond acceptors (Lipinski definition) is 4. The molecule has 0 fully saturated rings. The highest BCUT2D eigenvalue weighted by Crippen LogP contribution is 2.32. The first kappa shape index (κ1) is 15.2. The molecule has 0 radical (unpaired) electrons. The minimum Gasteiger partial charge on any atom is -0.504 e. The first-order chi connectivity index (χ1) is 8.99. The maximum Gasteiger partial charge on any atom is 0.327 e. The van der Waals surface area contributed by atoms with Gasteiger partial charge in [-0.3, -0.25) is 4.79 Å². The van der Waals surface area contributed by atoms with Gasteiger partial charge in [0.25, 0.3) is 0 Å².